The fourth-order valence-electron chi connectivity index (χ4n) is 2.54. The standard InChI is InChI=1S/C14H23N3OS/c1-9(2)13-16-12(8-19-13)14(18)17-5-4-10(3)6-11(17)7-15/h8-11H,4-7,15H2,1-3H3. The second-order valence-electron chi connectivity index (χ2n) is 5.74. The molecule has 19 heavy (non-hydrogen) atoms. The molecule has 1 aromatic rings. The Labute approximate surface area is 119 Å². The van der Waals surface area contributed by atoms with Gasteiger partial charge in [0.2, 0.25) is 0 Å². The number of amides is 1. The van der Waals surface area contributed by atoms with Crippen molar-refractivity contribution in [3.63, 3.8) is 0 Å². The van der Waals surface area contributed by atoms with Crippen molar-refractivity contribution >= 4 is 17.2 Å². The molecule has 106 valence electrons. The van der Waals surface area contributed by atoms with Crippen LogP contribution in [-0.2, 0) is 0 Å². The Morgan fingerprint density at radius 1 is 1.63 bits per heavy atom. The molecular formula is C14H23N3OS. The molecule has 1 aromatic heterocycles. The van der Waals surface area contributed by atoms with E-state index in [1.807, 2.05) is 10.3 Å². The molecule has 1 aliphatic rings. The molecule has 0 aliphatic carbocycles. The maximum atomic E-state index is 12.5. The van der Waals surface area contributed by atoms with Crippen LogP contribution >= 0.6 is 11.3 Å². The number of thiazole rings is 1. The number of hydrogen-bond donors (Lipinski definition) is 1. The minimum Gasteiger partial charge on any atom is -0.333 e. The molecule has 1 amide bonds. The number of piperidine rings is 1. The smallest absolute Gasteiger partial charge is 0.273 e. The monoisotopic (exact) mass is 281 g/mol. The third kappa shape index (κ3) is 3.15. The lowest BCUT2D eigenvalue weighted by atomic mass is 9.92. The number of nitrogens with zero attached hydrogens (tertiary/aromatic N) is 2. The van der Waals surface area contributed by atoms with Crippen molar-refractivity contribution in [3.05, 3.63) is 16.1 Å². The second-order valence-corrected chi connectivity index (χ2v) is 6.63. The van der Waals surface area contributed by atoms with Gasteiger partial charge in [-0.1, -0.05) is 20.8 Å². The average Bonchev–Trinajstić information content (AvgIpc) is 2.87. The first kappa shape index (κ1) is 14.5. The summed E-state index contributed by atoms with van der Waals surface area (Å²) in [5, 5.41) is 2.90. The topological polar surface area (TPSA) is 59.2 Å². The highest BCUT2D eigenvalue weighted by Crippen LogP contribution is 2.25. The highest BCUT2D eigenvalue weighted by atomic mass is 32.1. The molecule has 0 bridgehead atoms. The first-order chi connectivity index (χ1) is 9.02. The lowest BCUT2D eigenvalue weighted by Gasteiger charge is -2.37. The van der Waals surface area contributed by atoms with Crippen LogP contribution in [-0.4, -0.2) is 34.9 Å². The number of aromatic nitrogens is 1. The lowest BCUT2D eigenvalue weighted by Crippen LogP contribution is -2.49. The molecular weight excluding hydrogens is 258 g/mol. The first-order valence-corrected chi connectivity index (χ1v) is 7.87. The van der Waals surface area contributed by atoms with Crippen LogP contribution in [0.15, 0.2) is 5.38 Å². The van der Waals surface area contributed by atoms with Gasteiger partial charge in [-0.05, 0) is 18.8 Å². The van der Waals surface area contributed by atoms with Crippen LogP contribution in [0.5, 0.6) is 0 Å². The summed E-state index contributed by atoms with van der Waals surface area (Å²) in [5.41, 5.74) is 6.40. The Kier molecular flexibility index (Phi) is 4.58. The van der Waals surface area contributed by atoms with Crippen LogP contribution < -0.4 is 5.73 Å². The predicted molar refractivity (Wildman–Crippen MR) is 78.5 cm³/mol. The van der Waals surface area contributed by atoms with Gasteiger partial charge in [0.15, 0.2) is 0 Å². The third-order valence-corrected chi connectivity index (χ3v) is 4.89. The molecule has 4 nitrogen and oxygen atoms in total. The minimum atomic E-state index is 0.0468. The fourth-order valence-corrected chi connectivity index (χ4v) is 3.35. The fraction of sp³-hybridized carbons (Fsp3) is 0.714. The zero-order valence-corrected chi connectivity index (χ0v) is 12.7. The van der Waals surface area contributed by atoms with Crippen molar-refractivity contribution in [1.82, 2.24) is 9.88 Å². The molecule has 1 fully saturated rings. The Bertz CT molecular complexity index is 444. The molecule has 5 heteroatoms. The number of likely N-dealkylation sites (tertiary alicyclic amines) is 1. The first-order valence-electron chi connectivity index (χ1n) is 6.99. The van der Waals surface area contributed by atoms with Crippen LogP contribution in [0.25, 0.3) is 0 Å². The Morgan fingerprint density at radius 3 is 2.95 bits per heavy atom. The highest BCUT2D eigenvalue weighted by molar-refractivity contribution is 7.09. The van der Waals surface area contributed by atoms with E-state index >= 15 is 0 Å². The molecule has 0 spiro atoms. The number of carbonyl (C=O) groups is 1. The van der Waals surface area contributed by atoms with E-state index in [1.54, 1.807) is 11.3 Å². The van der Waals surface area contributed by atoms with Gasteiger partial charge in [0.05, 0.1) is 5.01 Å². The summed E-state index contributed by atoms with van der Waals surface area (Å²) in [6.07, 6.45) is 2.06. The van der Waals surface area contributed by atoms with Gasteiger partial charge in [-0.25, -0.2) is 4.98 Å². The summed E-state index contributed by atoms with van der Waals surface area (Å²) < 4.78 is 0. The lowest BCUT2D eigenvalue weighted by molar-refractivity contribution is 0.0568. The van der Waals surface area contributed by atoms with Gasteiger partial charge >= 0.3 is 0 Å². The Hall–Kier alpha value is -0.940. The quantitative estimate of drug-likeness (QED) is 0.926. The molecule has 2 unspecified atom stereocenters. The summed E-state index contributed by atoms with van der Waals surface area (Å²) >= 11 is 1.57. The largest absolute Gasteiger partial charge is 0.333 e. The van der Waals surface area contributed by atoms with Crippen molar-refractivity contribution in [3.8, 4) is 0 Å². The van der Waals surface area contributed by atoms with E-state index in [0.717, 1.165) is 24.4 Å². The molecule has 1 saturated heterocycles. The van der Waals surface area contributed by atoms with Gasteiger partial charge < -0.3 is 10.6 Å². The number of carbonyl (C=O) groups excluding carboxylic acids is 1. The molecule has 1 aliphatic heterocycles. The van der Waals surface area contributed by atoms with Gasteiger partial charge in [0, 0.05) is 30.4 Å². The number of hydrogen-bond acceptors (Lipinski definition) is 4. The average molecular weight is 281 g/mol. The van der Waals surface area contributed by atoms with E-state index in [4.69, 9.17) is 5.73 Å². The zero-order chi connectivity index (χ0) is 14.0. The van der Waals surface area contributed by atoms with Crippen molar-refractivity contribution in [1.29, 1.82) is 0 Å². The summed E-state index contributed by atoms with van der Waals surface area (Å²) in [4.78, 5) is 18.9. The number of nitrogens with two attached hydrogens (primary N) is 1. The van der Waals surface area contributed by atoms with Crippen LogP contribution in [0.1, 0.15) is 55.0 Å². The summed E-state index contributed by atoms with van der Waals surface area (Å²) in [6, 6.07) is 0.167. The molecule has 0 radical (unpaired) electrons. The molecule has 2 N–H and O–H groups in total. The van der Waals surface area contributed by atoms with Crippen molar-refractivity contribution in [2.24, 2.45) is 11.7 Å². The van der Waals surface area contributed by atoms with Gasteiger partial charge in [-0.15, -0.1) is 11.3 Å². The van der Waals surface area contributed by atoms with Gasteiger partial charge in [-0.3, -0.25) is 4.79 Å². The Morgan fingerprint density at radius 2 is 2.37 bits per heavy atom. The summed E-state index contributed by atoms with van der Waals surface area (Å²) in [5.74, 6) is 1.07. The van der Waals surface area contributed by atoms with E-state index in [1.165, 1.54) is 0 Å². The maximum Gasteiger partial charge on any atom is 0.273 e. The molecule has 0 saturated carbocycles. The van der Waals surface area contributed by atoms with E-state index in [-0.39, 0.29) is 11.9 Å². The van der Waals surface area contributed by atoms with Crippen LogP contribution in [0.3, 0.4) is 0 Å². The predicted octanol–water partition coefficient (Wildman–Crippen LogP) is 2.47. The van der Waals surface area contributed by atoms with Crippen molar-refractivity contribution in [2.75, 3.05) is 13.1 Å². The normalized spacial score (nSPS) is 23.9. The van der Waals surface area contributed by atoms with E-state index in [0.29, 0.717) is 24.1 Å². The van der Waals surface area contributed by atoms with Crippen LogP contribution in [0.2, 0.25) is 0 Å². The van der Waals surface area contributed by atoms with E-state index < -0.39 is 0 Å². The zero-order valence-electron chi connectivity index (χ0n) is 11.9. The second kappa shape index (κ2) is 6.01. The minimum absolute atomic E-state index is 0.0468. The van der Waals surface area contributed by atoms with Crippen LogP contribution in [0, 0.1) is 5.92 Å². The highest BCUT2D eigenvalue weighted by Gasteiger charge is 2.30. The third-order valence-electron chi connectivity index (χ3n) is 3.75. The van der Waals surface area contributed by atoms with Crippen molar-refractivity contribution < 1.29 is 4.79 Å². The van der Waals surface area contributed by atoms with Gasteiger partial charge in [-0.2, -0.15) is 0 Å². The SMILES string of the molecule is CC1CCN(C(=O)c2csc(C(C)C)n2)C(CN)C1. The number of rotatable bonds is 3. The molecule has 2 rings (SSSR count). The van der Waals surface area contributed by atoms with E-state index in [9.17, 15) is 4.79 Å². The molecule has 0 aromatic carbocycles. The van der Waals surface area contributed by atoms with Gasteiger partial charge in [0.1, 0.15) is 5.69 Å². The van der Waals surface area contributed by atoms with Gasteiger partial charge in [0.25, 0.3) is 5.91 Å². The maximum absolute atomic E-state index is 12.5. The van der Waals surface area contributed by atoms with Crippen LogP contribution in [0.4, 0.5) is 0 Å². The molecule has 2 atom stereocenters. The summed E-state index contributed by atoms with van der Waals surface area (Å²) in [7, 11) is 0. The summed E-state index contributed by atoms with van der Waals surface area (Å²) in [6.45, 7) is 7.76. The Balaban J connectivity index is 2.13. The van der Waals surface area contributed by atoms with Crippen molar-refractivity contribution in [2.45, 2.75) is 45.6 Å². The van der Waals surface area contributed by atoms with E-state index in [2.05, 4.69) is 25.8 Å². The molecule has 2 heterocycles.